The van der Waals surface area contributed by atoms with E-state index >= 15 is 0 Å². The highest BCUT2D eigenvalue weighted by atomic mass is 127. The summed E-state index contributed by atoms with van der Waals surface area (Å²) in [5, 5.41) is 0. The summed E-state index contributed by atoms with van der Waals surface area (Å²) in [7, 11) is 3.67. The summed E-state index contributed by atoms with van der Waals surface area (Å²) < 4.78 is 21.5. The van der Waals surface area contributed by atoms with Crippen molar-refractivity contribution >= 4 is 10.8 Å². The smallest absolute Gasteiger partial charge is 0.171 e. The molecule has 0 spiro atoms. The van der Waals surface area contributed by atoms with Gasteiger partial charge in [0.05, 0.1) is 37.2 Å². The van der Waals surface area contributed by atoms with Gasteiger partial charge in [0.25, 0.3) is 0 Å². The third-order valence-electron chi connectivity index (χ3n) is 6.86. The van der Waals surface area contributed by atoms with Gasteiger partial charge in [0.15, 0.2) is 4.93 Å². The van der Waals surface area contributed by atoms with Crippen molar-refractivity contribution < 1.29 is 37.4 Å². The second kappa shape index (κ2) is 8.18. The molecule has 4 rings (SSSR count). The lowest BCUT2D eigenvalue weighted by Gasteiger charge is -2.40. The molecule has 146 valence electrons. The first kappa shape index (κ1) is 20.7. The molecule has 0 amide bonds. The minimum absolute atomic E-state index is 0. The van der Waals surface area contributed by atoms with Crippen molar-refractivity contribution in [3.8, 4) is 0 Å². The van der Waals surface area contributed by atoms with Crippen LogP contribution in [-0.4, -0.2) is 47.2 Å². The van der Waals surface area contributed by atoms with Gasteiger partial charge < -0.3 is 33.2 Å². The summed E-state index contributed by atoms with van der Waals surface area (Å²) >= 11 is 0. The lowest BCUT2D eigenvalue weighted by atomic mass is 9.82. The van der Waals surface area contributed by atoms with Crippen LogP contribution < -0.4 is 24.0 Å². The maximum Gasteiger partial charge on any atom is 0.171 e. The first-order chi connectivity index (χ1) is 12.0. The number of likely N-dealkylation sites (tertiary alicyclic amines) is 1. The van der Waals surface area contributed by atoms with Crippen molar-refractivity contribution in [2.75, 3.05) is 26.4 Å². The molecule has 0 N–H and O–H groups in total. The number of hydrogen-bond donors (Lipinski definition) is 0. The second-order valence-corrected chi connectivity index (χ2v) is 10.4. The normalized spacial score (nSPS) is 37.4. The molecule has 2 aliphatic heterocycles. The lowest BCUT2D eigenvalue weighted by Crippen LogP contribution is -3.00. The van der Waals surface area contributed by atoms with E-state index in [2.05, 4.69) is 38.4 Å². The molecule has 0 aromatic heterocycles. The van der Waals surface area contributed by atoms with Crippen LogP contribution in [0.4, 0.5) is 0 Å². The van der Waals surface area contributed by atoms with Crippen molar-refractivity contribution in [2.24, 2.45) is 5.92 Å². The zero-order valence-electron chi connectivity index (χ0n) is 16.0. The van der Waals surface area contributed by atoms with E-state index in [1.165, 1.54) is 38.6 Å². The molecule has 2 heterocycles. The average molecular weight is 489 g/mol. The Morgan fingerprint density at radius 3 is 2.35 bits per heavy atom. The molecule has 3 aliphatic rings. The standard InChI is InChI=1S/C21H32NO2S.HI/c1-22(2)15-9-14-19(22)20-16-25(23)21(24-20,17-10-5-3-6-11-17)18-12-7-4-8-13-18;/h3,5-6,10-11,18-20H,4,7-9,12-16H2,1-2H3;1H/q+1;/p-1/t19-,20+,21+,25?;/m1./s1. The number of likely N-dealkylation sites (N-methyl/N-ethyl adjacent to an activating group) is 1. The van der Waals surface area contributed by atoms with Crippen LogP contribution >= 0.6 is 0 Å². The number of benzene rings is 1. The van der Waals surface area contributed by atoms with Gasteiger partial charge in [-0.3, -0.25) is 4.21 Å². The van der Waals surface area contributed by atoms with Crippen molar-refractivity contribution in [2.45, 2.75) is 62.0 Å². The van der Waals surface area contributed by atoms with E-state index in [9.17, 15) is 4.21 Å². The van der Waals surface area contributed by atoms with Crippen LogP contribution in [-0.2, 0) is 20.5 Å². The van der Waals surface area contributed by atoms with Crippen LogP contribution in [0.2, 0.25) is 0 Å². The predicted molar refractivity (Wildman–Crippen MR) is 103 cm³/mol. The summed E-state index contributed by atoms with van der Waals surface area (Å²) in [4.78, 5) is -0.574. The molecule has 26 heavy (non-hydrogen) atoms. The maximum absolute atomic E-state index is 13.6. The van der Waals surface area contributed by atoms with Crippen molar-refractivity contribution in [3.05, 3.63) is 35.9 Å². The van der Waals surface area contributed by atoms with Crippen LogP contribution in [0.3, 0.4) is 0 Å². The van der Waals surface area contributed by atoms with Gasteiger partial charge in [-0.1, -0.05) is 49.6 Å². The van der Waals surface area contributed by atoms with Crippen molar-refractivity contribution in [1.82, 2.24) is 0 Å². The fraction of sp³-hybridized carbons (Fsp3) is 0.714. The Bertz CT molecular complexity index is 632. The van der Waals surface area contributed by atoms with Crippen LogP contribution in [0.1, 0.15) is 50.5 Å². The minimum atomic E-state index is -0.959. The third kappa shape index (κ3) is 3.53. The predicted octanol–water partition coefficient (Wildman–Crippen LogP) is 0.810. The zero-order chi connectivity index (χ0) is 17.5. The van der Waals surface area contributed by atoms with E-state index in [4.69, 9.17) is 4.74 Å². The van der Waals surface area contributed by atoms with E-state index < -0.39 is 15.7 Å². The van der Waals surface area contributed by atoms with Crippen LogP contribution in [0.25, 0.3) is 0 Å². The van der Waals surface area contributed by atoms with Crippen molar-refractivity contribution in [1.29, 1.82) is 0 Å². The molecular weight excluding hydrogens is 457 g/mol. The maximum atomic E-state index is 13.6. The van der Waals surface area contributed by atoms with E-state index in [0.29, 0.717) is 17.7 Å². The van der Waals surface area contributed by atoms with Gasteiger partial charge in [-0.15, -0.1) is 0 Å². The Hall–Kier alpha value is 0.0200. The largest absolute Gasteiger partial charge is 1.00 e. The van der Waals surface area contributed by atoms with Gasteiger partial charge in [-0.05, 0) is 18.4 Å². The summed E-state index contributed by atoms with van der Waals surface area (Å²) in [5.74, 6) is 1.10. The van der Waals surface area contributed by atoms with E-state index in [-0.39, 0.29) is 30.1 Å². The molecule has 4 atom stereocenters. The molecule has 0 radical (unpaired) electrons. The molecule has 1 unspecified atom stereocenters. The molecular formula is C21H32INO2S. The van der Waals surface area contributed by atoms with Gasteiger partial charge in [-0.2, -0.15) is 0 Å². The fourth-order valence-electron chi connectivity index (χ4n) is 5.50. The topological polar surface area (TPSA) is 26.3 Å². The number of quaternary nitrogens is 1. The molecule has 1 aromatic rings. The number of nitrogens with zero attached hydrogens (tertiary/aromatic N) is 1. The molecule has 3 nitrogen and oxygen atoms in total. The van der Waals surface area contributed by atoms with Gasteiger partial charge in [0.2, 0.25) is 0 Å². The van der Waals surface area contributed by atoms with E-state index in [1.54, 1.807) is 0 Å². The number of hydrogen-bond acceptors (Lipinski definition) is 2. The van der Waals surface area contributed by atoms with Gasteiger partial charge in [-0.25, -0.2) is 0 Å². The Morgan fingerprint density at radius 2 is 1.73 bits per heavy atom. The lowest BCUT2D eigenvalue weighted by molar-refractivity contribution is -0.905. The summed E-state index contributed by atoms with van der Waals surface area (Å²) in [6.45, 7) is 1.21. The molecule has 1 saturated carbocycles. The first-order valence-corrected chi connectivity index (χ1v) is 11.3. The monoisotopic (exact) mass is 489 g/mol. The Kier molecular flexibility index (Phi) is 6.52. The minimum Gasteiger partial charge on any atom is -1.00 e. The molecule has 3 fully saturated rings. The molecule has 5 heteroatoms. The number of rotatable bonds is 3. The van der Waals surface area contributed by atoms with Gasteiger partial charge in [0, 0.05) is 18.8 Å². The quantitative estimate of drug-likeness (QED) is 0.464. The summed E-state index contributed by atoms with van der Waals surface area (Å²) in [5.41, 5.74) is 1.14. The summed E-state index contributed by atoms with van der Waals surface area (Å²) in [6.07, 6.45) is 8.68. The third-order valence-corrected chi connectivity index (χ3v) is 8.83. The van der Waals surface area contributed by atoms with Gasteiger partial charge in [0.1, 0.15) is 12.1 Å². The average Bonchev–Trinajstić information content (AvgIpc) is 3.16. The highest BCUT2D eigenvalue weighted by Gasteiger charge is 2.57. The summed E-state index contributed by atoms with van der Waals surface area (Å²) in [6, 6.07) is 11.0. The molecule has 0 bridgehead atoms. The first-order valence-electron chi connectivity index (χ1n) is 9.98. The van der Waals surface area contributed by atoms with Crippen molar-refractivity contribution in [3.63, 3.8) is 0 Å². The number of halogens is 1. The van der Waals surface area contributed by atoms with Crippen LogP contribution in [0.5, 0.6) is 0 Å². The van der Waals surface area contributed by atoms with Crippen LogP contribution in [0, 0.1) is 5.92 Å². The molecule has 1 aliphatic carbocycles. The highest BCUT2D eigenvalue weighted by Crippen LogP contribution is 2.50. The zero-order valence-corrected chi connectivity index (χ0v) is 19.0. The Labute approximate surface area is 177 Å². The molecule has 2 saturated heterocycles. The van der Waals surface area contributed by atoms with Crippen LogP contribution in [0.15, 0.2) is 30.3 Å². The SMILES string of the molecule is C[N+]1(C)CCC[C@@H]1[C@@H]1CS(=O)[C@@](c2ccccc2)(C2CCCCC2)O1.[I-]. The highest BCUT2D eigenvalue weighted by molar-refractivity contribution is 7.86. The Balaban J connectivity index is 0.00000196. The molecule has 1 aromatic carbocycles. The number of ether oxygens (including phenoxy) is 1. The second-order valence-electron chi connectivity index (χ2n) is 8.75. The van der Waals surface area contributed by atoms with E-state index in [0.717, 1.165) is 22.9 Å². The van der Waals surface area contributed by atoms with E-state index in [1.807, 2.05) is 6.07 Å². The Morgan fingerprint density at radius 1 is 1.04 bits per heavy atom. The fourth-order valence-corrected chi connectivity index (χ4v) is 7.58. The van der Waals surface area contributed by atoms with Gasteiger partial charge >= 0.3 is 0 Å².